The van der Waals surface area contributed by atoms with Crippen molar-refractivity contribution in [3.05, 3.63) is 28.7 Å². The Morgan fingerprint density at radius 3 is 2.95 bits per heavy atom. The van der Waals surface area contributed by atoms with Crippen LogP contribution >= 0.6 is 0 Å². The molecule has 0 aliphatic carbocycles. The van der Waals surface area contributed by atoms with Crippen LogP contribution in [-0.2, 0) is 14.8 Å². The van der Waals surface area contributed by atoms with E-state index in [1.165, 1.54) is 22.5 Å². The molecular formula is C12H14N2O5S. The maximum Gasteiger partial charge on any atom is 0.417 e. The molecule has 3 rings (SSSR count). The van der Waals surface area contributed by atoms with E-state index in [-0.39, 0.29) is 16.6 Å². The van der Waals surface area contributed by atoms with Gasteiger partial charge in [0.1, 0.15) is 0 Å². The predicted molar refractivity (Wildman–Crippen MR) is 71.0 cm³/mol. The number of oxazole rings is 1. The summed E-state index contributed by atoms with van der Waals surface area (Å²) in [6, 6.07) is 4.35. The average Bonchev–Trinajstić information content (AvgIpc) is 2.77. The van der Waals surface area contributed by atoms with Crippen molar-refractivity contribution in [3.8, 4) is 0 Å². The zero-order valence-corrected chi connectivity index (χ0v) is 11.6. The molecule has 2 heterocycles. The highest BCUT2D eigenvalue weighted by Crippen LogP contribution is 2.22. The first-order valence-electron chi connectivity index (χ1n) is 6.21. The highest BCUT2D eigenvalue weighted by molar-refractivity contribution is 7.89. The Balaban J connectivity index is 2.01. The number of hydrogen-bond acceptors (Lipinski definition) is 5. The molecule has 20 heavy (non-hydrogen) atoms. The standard InChI is InChI=1S/C12H14N2O5S/c1-8-7-14(4-5-18-8)20(16,17)9-2-3-10-11(6-9)19-12(15)13-10/h2-3,6,8H,4-5,7H2,1H3,(H,13,15). The molecule has 1 aromatic carbocycles. The molecule has 0 radical (unpaired) electrons. The van der Waals surface area contributed by atoms with Gasteiger partial charge < -0.3 is 9.15 Å². The van der Waals surface area contributed by atoms with E-state index in [9.17, 15) is 13.2 Å². The highest BCUT2D eigenvalue weighted by atomic mass is 32.2. The number of morpholine rings is 1. The van der Waals surface area contributed by atoms with Crippen LogP contribution in [0.4, 0.5) is 0 Å². The quantitative estimate of drug-likeness (QED) is 0.873. The predicted octanol–water partition coefficient (Wildman–Crippen LogP) is 0.531. The first-order valence-corrected chi connectivity index (χ1v) is 7.65. The molecule has 108 valence electrons. The summed E-state index contributed by atoms with van der Waals surface area (Å²) in [4.78, 5) is 13.7. The van der Waals surface area contributed by atoms with Gasteiger partial charge in [0.15, 0.2) is 5.58 Å². The molecular weight excluding hydrogens is 284 g/mol. The monoisotopic (exact) mass is 298 g/mol. The van der Waals surface area contributed by atoms with Gasteiger partial charge in [-0.3, -0.25) is 4.98 Å². The first-order chi connectivity index (χ1) is 9.46. The van der Waals surface area contributed by atoms with Crippen molar-refractivity contribution in [1.82, 2.24) is 9.29 Å². The van der Waals surface area contributed by atoms with Crippen molar-refractivity contribution in [2.75, 3.05) is 19.7 Å². The number of ether oxygens (including phenoxy) is 1. The second-order valence-electron chi connectivity index (χ2n) is 4.72. The molecule has 0 amide bonds. The summed E-state index contributed by atoms with van der Waals surface area (Å²) in [6.45, 7) is 2.84. The molecule has 7 nitrogen and oxygen atoms in total. The van der Waals surface area contributed by atoms with Gasteiger partial charge in [-0.05, 0) is 19.1 Å². The Kier molecular flexibility index (Phi) is 3.15. The van der Waals surface area contributed by atoms with E-state index in [1.807, 2.05) is 6.92 Å². The fourth-order valence-electron chi connectivity index (χ4n) is 2.24. The van der Waals surface area contributed by atoms with E-state index in [0.29, 0.717) is 25.2 Å². The third-order valence-electron chi connectivity index (χ3n) is 3.23. The number of aromatic amines is 1. The molecule has 0 saturated carbocycles. The lowest BCUT2D eigenvalue weighted by Crippen LogP contribution is -2.44. The number of benzene rings is 1. The highest BCUT2D eigenvalue weighted by Gasteiger charge is 2.29. The maximum atomic E-state index is 12.5. The topological polar surface area (TPSA) is 92.6 Å². The molecule has 1 saturated heterocycles. The summed E-state index contributed by atoms with van der Waals surface area (Å²) in [7, 11) is -3.60. The lowest BCUT2D eigenvalue weighted by molar-refractivity contribution is 0.0102. The summed E-state index contributed by atoms with van der Waals surface area (Å²) in [5, 5.41) is 0. The average molecular weight is 298 g/mol. The molecule has 1 N–H and O–H groups in total. The van der Waals surface area contributed by atoms with Crippen molar-refractivity contribution in [2.24, 2.45) is 0 Å². The van der Waals surface area contributed by atoms with E-state index in [0.717, 1.165) is 0 Å². The van der Waals surface area contributed by atoms with Gasteiger partial charge in [0.05, 0.1) is 23.1 Å². The minimum absolute atomic E-state index is 0.113. The van der Waals surface area contributed by atoms with Gasteiger partial charge in [0, 0.05) is 19.2 Å². The number of sulfonamides is 1. The number of hydrogen-bond donors (Lipinski definition) is 1. The van der Waals surface area contributed by atoms with Gasteiger partial charge in [-0.25, -0.2) is 13.2 Å². The van der Waals surface area contributed by atoms with Crippen LogP contribution in [0.1, 0.15) is 6.92 Å². The van der Waals surface area contributed by atoms with Crippen LogP contribution in [0, 0.1) is 0 Å². The van der Waals surface area contributed by atoms with Crippen molar-refractivity contribution >= 4 is 21.1 Å². The lowest BCUT2D eigenvalue weighted by Gasteiger charge is -2.30. The molecule has 0 spiro atoms. The minimum Gasteiger partial charge on any atom is -0.408 e. The molecule has 0 bridgehead atoms. The summed E-state index contributed by atoms with van der Waals surface area (Å²) in [5.41, 5.74) is 0.710. The van der Waals surface area contributed by atoms with Gasteiger partial charge in [0.25, 0.3) is 0 Å². The third kappa shape index (κ3) is 2.26. The second kappa shape index (κ2) is 4.72. The number of nitrogens with zero attached hydrogens (tertiary/aromatic N) is 1. The number of aromatic nitrogens is 1. The first kappa shape index (κ1) is 13.3. The van der Waals surface area contributed by atoms with E-state index >= 15 is 0 Å². The molecule has 1 unspecified atom stereocenters. The zero-order valence-electron chi connectivity index (χ0n) is 10.8. The van der Waals surface area contributed by atoms with Crippen LogP contribution in [0.5, 0.6) is 0 Å². The number of H-pyrrole nitrogens is 1. The van der Waals surface area contributed by atoms with Gasteiger partial charge in [-0.1, -0.05) is 0 Å². The van der Waals surface area contributed by atoms with Crippen molar-refractivity contribution in [1.29, 1.82) is 0 Å². The van der Waals surface area contributed by atoms with Crippen LogP contribution in [0.15, 0.2) is 32.3 Å². The number of rotatable bonds is 2. The van der Waals surface area contributed by atoms with E-state index in [1.54, 1.807) is 0 Å². The molecule has 1 fully saturated rings. The normalized spacial score (nSPS) is 21.4. The van der Waals surface area contributed by atoms with Crippen LogP contribution < -0.4 is 5.76 Å². The number of nitrogens with one attached hydrogen (secondary N) is 1. The van der Waals surface area contributed by atoms with Crippen LogP contribution in [-0.4, -0.2) is 43.5 Å². The van der Waals surface area contributed by atoms with Crippen LogP contribution in [0.25, 0.3) is 11.1 Å². The molecule has 1 aliphatic rings. The largest absolute Gasteiger partial charge is 0.417 e. The Bertz CT molecular complexity index is 792. The Morgan fingerprint density at radius 2 is 2.20 bits per heavy atom. The lowest BCUT2D eigenvalue weighted by atomic mass is 10.3. The fourth-order valence-corrected chi connectivity index (χ4v) is 3.76. The fraction of sp³-hybridized carbons (Fsp3) is 0.417. The van der Waals surface area contributed by atoms with Crippen molar-refractivity contribution in [2.45, 2.75) is 17.9 Å². The molecule has 1 aliphatic heterocycles. The summed E-state index contributed by atoms with van der Waals surface area (Å²) >= 11 is 0. The minimum atomic E-state index is -3.60. The molecule has 1 atom stereocenters. The Morgan fingerprint density at radius 1 is 1.40 bits per heavy atom. The summed E-state index contributed by atoms with van der Waals surface area (Å²) in [6.07, 6.45) is -0.132. The molecule has 2 aromatic rings. The Labute approximate surface area is 115 Å². The van der Waals surface area contributed by atoms with Crippen molar-refractivity contribution in [3.63, 3.8) is 0 Å². The Hall–Kier alpha value is -1.64. The van der Waals surface area contributed by atoms with E-state index in [2.05, 4.69) is 4.98 Å². The van der Waals surface area contributed by atoms with Gasteiger partial charge in [-0.2, -0.15) is 4.31 Å². The second-order valence-corrected chi connectivity index (χ2v) is 6.65. The van der Waals surface area contributed by atoms with Crippen LogP contribution in [0.3, 0.4) is 0 Å². The SMILES string of the molecule is CC1CN(S(=O)(=O)c2ccc3[nH]c(=O)oc3c2)CCO1. The summed E-state index contributed by atoms with van der Waals surface area (Å²) in [5.74, 6) is -0.602. The number of fused-ring (bicyclic) bond motifs is 1. The van der Waals surface area contributed by atoms with Gasteiger partial charge in [-0.15, -0.1) is 0 Å². The van der Waals surface area contributed by atoms with Gasteiger partial charge >= 0.3 is 5.76 Å². The molecule has 8 heteroatoms. The van der Waals surface area contributed by atoms with E-state index < -0.39 is 15.8 Å². The smallest absolute Gasteiger partial charge is 0.408 e. The zero-order chi connectivity index (χ0) is 14.3. The van der Waals surface area contributed by atoms with E-state index in [4.69, 9.17) is 9.15 Å². The third-order valence-corrected chi connectivity index (χ3v) is 5.10. The summed E-state index contributed by atoms with van der Waals surface area (Å²) < 4.78 is 36.7. The molecule has 1 aromatic heterocycles. The van der Waals surface area contributed by atoms with Crippen LogP contribution in [0.2, 0.25) is 0 Å². The maximum absolute atomic E-state index is 12.5. The van der Waals surface area contributed by atoms with Crippen molar-refractivity contribution < 1.29 is 17.6 Å². The van der Waals surface area contributed by atoms with Gasteiger partial charge in [0.2, 0.25) is 10.0 Å².